The van der Waals surface area contributed by atoms with E-state index in [1.165, 1.54) is 4.90 Å². The van der Waals surface area contributed by atoms with E-state index in [-0.39, 0.29) is 11.9 Å². The minimum Gasteiger partial charge on any atom is -0.346 e. The largest absolute Gasteiger partial charge is 0.346 e. The van der Waals surface area contributed by atoms with Gasteiger partial charge in [-0.05, 0) is 48.7 Å². The van der Waals surface area contributed by atoms with Gasteiger partial charge in [-0.3, -0.25) is 15.1 Å². The number of rotatable bonds is 2. The molecule has 2 N–H and O–H groups in total. The van der Waals surface area contributed by atoms with Crippen LogP contribution < -0.4 is 5.32 Å². The van der Waals surface area contributed by atoms with Crippen molar-refractivity contribution in [2.75, 3.05) is 7.05 Å². The molecule has 1 heterocycles. The molecule has 1 saturated heterocycles. The van der Waals surface area contributed by atoms with Gasteiger partial charge >= 0.3 is 0 Å². The second-order valence-electron chi connectivity index (χ2n) is 6.88. The van der Waals surface area contributed by atoms with Gasteiger partial charge in [0.1, 0.15) is 0 Å². The molecule has 2 aromatic rings. The fourth-order valence-electron chi connectivity index (χ4n) is 3.57. The van der Waals surface area contributed by atoms with Gasteiger partial charge in [0.15, 0.2) is 5.96 Å². The molecule has 1 amide bonds. The highest BCUT2D eigenvalue weighted by atomic mass is 16.2. The molecule has 0 aromatic heterocycles. The number of aryl methyl sites for hydroxylation is 1. The average molecular weight is 357 g/mol. The van der Waals surface area contributed by atoms with Crippen molar-refractivity contribution in [3.63, 3.8) is 0 Å². The lowest BCUT2D eigenvalue weighted by atomic mass is 9.73. The molecule has 0 spiro atoms. The number of amides is 1. The first-order valence-corrected chi connectivity index (χ1v) is 8.47. The Balaban J connectivity index is 2.21. The number of nitrogens with one attached hydrogen (secondary N) is 2. The van der Waals surface area contributed by atoms with Gasteiger partial charge < -0.3 is 5.32 Å². The molecule has 134 valence electrons. The van der Waals surface area contributed by atoms with E-state index in [1.807, 2.05) is 26.0 Å². The van der Waals surface area contributed by atoms with Crippen LogP contribution in [0.5, 0.6) is 0 Å². The predicted octanol–water partition coefficient (Wildman–Crippen LogP) is 2.73. The summed E-state index contributed by atoms with van der Waals surface area (Å²) in [6.45, 7) is 3.70. The molecule has 3 rings (SSSR count). The summed E-state index contributed by atoms with van der Waals surface area (Å²) < 4.78 is 0. The van der Waals surface area contributed by atoms with Gasteiger partial charge in [0.05, 0.1) is 34.7 Å². The third-order valence-electron chi connectivity index (χ3n) is 5.16. The molecule has 6 nitrogen and oxygen atoms in total. The predicted molar refractivity (Wildman–Crippen MR) is 101 cm³/mol. The number of likely N-dealkylation sites (N-methyl/N-ethyl adjacent to an activating group) is 1. The van der Waals surface area contributed by atoms with Gasteiger partial charge in [0, 0.05) is 7.05 Å². The van der Waals surface area contributed by atoms with Crippen molar-refractivity contribution >= 4 is 11.9 Å². The first-order valence-electron chi connectivity index (χ1n) is 8.47. The number of nitrogens with zero attached hydrogens (tertiary/aromatic N) is 3. The van der Waals surface area contributed by atoms with Crippen molar-refractivity contribution in [1.29, 1.82) is 15.9 Å². The second-order valence-corrected chi connectivity index (χ2v) is 6.88. The Kier molecular flexibility index (Phi) is 4.43. The van der Waals surface area contributed by atoms with Crippen molar-refractivity contribution in [2.45, 2.75) is 25.3 Å². The highest BCUT2D eigenvalue weighted by molar-refractivity contribution is 6.02. The highest BCUT2D eigenvalue weighted by Gasteiger charge is 2.48. The molecule has 0 aliphatic carbocycles. The van der Waals surface area contributed by atoms with E-state index in [9.17, 15) is 15.3 Å². The number of nitriles is 2. The first kappa shape index (κ1) is 18.2. The number of carbonyl (C=O) groups is 1. The summed E-state index contributed by atoms with van der Waals surface area (Å²) in [7, 11) is 1.56. The molecule has 0 bridgehead atoms. The zero-order valence-electron chi connectivity index (χ0n) is 15.4. The SMILES string of the molecule is Cc1cc(C2C(=O)N(C)C(=N)N[C@]2(C)c2cccc(C#N)c2)ccc1C#N. The molecule has 0 saturated carbocycles. The smallest absolute Gasteiger partial charge is 0.239 e. The maximum atomic E-state index is 13.2. The first-order chi connectivity index (χ1) is 12.8. The van der Waals surface area contributed by atoms with Gasteiger partial charge in [0.25, 0.3) is 0 Å². The zero-order chi connectivity index (χ0) is 19.8. The summed E-state index contributed by atoms with van der Waals surface area (Å²) in [5.41, 5.74) is 2.44. The molecule has 1 aliphatic rings. The van der Waals surface area contributed by atoms with E-state index in [4.69, 9.17) is 5.41 Å². The summed E-state index contributed by atoms with van der Waals surface area (Å²) in [4.78, 5) is 14.4. The normalized spacial score (nSPS) is 22.0. The highest BCUT2D eigenvalue weighted by Crippen LogP contribution is 2.41. The molecular weight excluding hydrogens is 338 g/mol. The van der Waals surface area contributed by atoms with E-state index in [1.54, 1.807) is 37.4 Å². The van der Waals surface area contributed by atoms with Crippen LogP contribution in [0.2, 0.25) is 0 Å². The van der Waals surface area contributed by atoms with Crippen molar-refractivity contribution in [2.24, 2.45) is 0 Å². The number of carbonyl (C=O) groups excluding carboxylic acids is 1. The van der Waals surface area contributed by atoms with Gasteiger partial charge in [-0.25, -0.2) is 0 Å². The minimum atomic E-state index is -0.909. The summed E-state index contributed by atoms with van der Waals surface area (Å²) in [6.07, 6.45) is 0. The molecule has 0 radical (unpaired) electrons. The molecular formula is C21H19N5O. The van der Waals surface area contributed by atoms with Gasteiger partial charge in [-0.15, -0.1) is 0 Å². The van der Waals surface area contributed by atoms with E-state index >= 15 is 0 Å². The van der Waals surface area contributed by atoms with Crippen LogP contribution in [0.4, 0.5) is 0 Å². The summed E-state index contributed by atoms with van der Waals surface area (Å²) in [6, 6.07) is 16.7. The summed E-state index contributed by atoms with van der Waals surface area (Å²) in [5.74, 6) is -0.823. The van der Waals surface area contributed by atoms with Crippen LogP contribution in [0.3, 0.4) is 0 Å². The minimum absolute atomic E-state index is 0.00600. The van der Waals surface area contributed by atoms with Crippen molar-refractivity contribution in [3.05, 3.63) is 70.3 Å². The zero-order valence-corrected chi connectivity index (χ0v) is 15.4. The number of benzene rings is 2. The number of hydrogen-bond donors (Lipinski definition) is 2. The van der Waals surface area contributed by atoms with Crippen LogP contribution in [0.25, 0.3) is 0 Å². The monoisotopic (exact) mass is 357 g/mol. The van der Waals surface area contributed by atoms with Crippen molar-refractivity contribution in [3.8, 4) is 12.1 Å². The van der Waals surface area contributed by atoms with Crippen molar-refractivity contribution in [1.82, 2.24) is 10.2 Å². The van der Waals surface area contributed by atoms with Crippen LogP contribution in [0.15, 0.2) is 42.5 Å². The van der Waals surface area contributed by atoms with Crippen LogP contribution in [0, 0.1) is 35.0 Å². The molecule has 1 unspecified atom stereocenters. The lowest BCUT2D eigenvalue weighted by molar-refractivity contribution is -0.131. The Bertz CT molecular complexity index is 1030. The third-order valence-corrected chi connectivity index (χ3v) is 5.16. The van der Waals surface area contributed by atoms with E-state index in [2.05, 4.69) is 17.5 Å². The molecule has 1 aliphatic heterocycles. The topological polar surface area (TPSA) is 104 Å². The lowest BCUT2D eigenvalue weighted by Crippen LogP contribution is -2.62. The number of hydrogen-bond acceptors (Lipinski definition) is 4. The summed E-state index contributed by atoms with van der Waals surface area (Å²) >= 11 is 0. The molecule has 27 heavy (non-hydrogen) atoms. The van der Waals surface area contributed by atoms with Gasteiger partial charge in [-0.2, -0.15) is 10.5 Å². The second kappa shape index (κ2) is 6.59. The van der Waals surface area contributed by atoms with E-state index in [0.29, 0.717) is 11.1 Å². The Morgan fingerprint density at radius 1 is 1.19 bits per heavy atom. The van der Waals surface area contributed by atoms with E-state index in [0.717, 1.165) is 16.7 Å². The molecule has 1 fully saturated rings. The quantitative estimate of drug-likeness (QED) is 0.862. The maximum absolute atomic E-state index is 13.2. The van der Waals surface area contributed by atoms with Crippen LogP contribution >= 0.6 is 0 Å². The Morgan fingerprint density at radius 2 is 1.93 bits per heavy atom. The Hall–Kier alpha value is -3.64. The Labute approximate surface area is 158 Å². The standard InChI is InChI=1S/C21H19N5O/c1-13-9-15(7-8-16(13)12-23)18-19(27)26(3)20(24)25-21(18,2)17-6-4-5-14(10-17)11-22/h4-10,18H,1-3H3,(H2,24,25)/t18?,21-/m1/s1. The fourth-order valence-corrected chi connectivity index (χ4v) is 3.57. The third kappa shape index (κ3) is 2.92. The van der Waals surface area contributed by atoms with Crippen molar-refractivity contribution < 1.29 is 4.79 Å². The number of guanidine groups is 1. The Morgan fingerprint density at radius 3 is 2.56 bits per heavy atom. The average Bonchev–Trinajstić information content (AvgIpc) is 2.66. The summed E-state index contributed by atoms with van der Waals surface area (Å²) in [5, 5.41) is 29.8. The molecule has 2 atom stereocenters. The maximum Gasteiger partial charge on any atom is 0.239 e. The molecule has 2 aromatic carbocycles. The fraction of sp³-hybridized carbons (Fsp3) is 0.238. The lowest BCUT2D eigenvalue weighted by Gasteiger charge is -2.46. The van der Waals surface area contributed by atoms with Gasteiger partial charge in [0.2, 0.25) is 5.91 Å². The van der Waals surface area contributed by atoms with Crippen LogP contribution in [-0.2, 0) is 10.3 Å². The van der Waals surface area contributed by atoms with E-state index < -0.39 is 11.5 Å². The van der Waals surface area contributed by atoms with Gasteiger partial charge in [-0.1, -0.05) is 24.3 Å². The van der Waals surface area contributed by atoms with Crippen LogP contribution in [-0.4, -0.2) is 23.8 Å². The van der Waals surface area contributed by atoms with Crippen LogP contribution in [0.1, 0.15) is 40.7 Å². The molecule has 6 heteroatoms.